The zero-order valence-corrected chi connectivity index (χ0v) is 16.5. The molecular formula is C18H23BrO2Si. The molecule has 1 unspecified atom stereocenters. The van der Waals surface area contributed by atoms with Gasteiger partial charge in [-0.05, 0) is 45.2 Å². The molecule has 1 aliphatic carbocycles. The van der Waals surface area contributed by atoms with E-state index in [1.807, 2.05) is 12.1 Å². The third-order valence-electron chi connectivity index (χ3n) is 4.27. The number of rotatable bonds is 4. The maximum Gasteiger partial charge on any atom is 0.191 e. The molecule has 0 aliphatic heterocycles. The van der Waals surface area contributed by atoms with Crippen molar-refractivity contribution in [2.75, 3.05) is 7.11 Å². The molecule has 2 rings (SSSR count). The van der Waals surface area contributed by atoms with Gasteiger partial charge in [-0.2, -0.15) is 0 Å². The molecule has 2 nitrogen and oxygen atoms in total. The van der Waals surface area contributed by atoms with Crippen LogP contribution in [0.3, 0.4) is 0 Å². The van der Waals surface area contributed by atoms with Gasteiger partial charge in [-0.25, -0.2) is 0 Å². The standard InChI is InChI=1S/C18H23BrO2Si/c1-6-18(13-7-9-14(21-2)10-8-13)11-15(19)17(20)16(12-18)22(3,4)5/h7-12H,6H2,1-5H3. The zero-order chi connectivity index (χ0) is 16.5. The van der Waals surface area contributed by atoms with Crippen LogP contribution in [0.15, 0.2) is 46.1 Å². The molecule has 1 atom stereocenters. The molecule has 0 aromatic heterocycles. The van der Waals surface area contributed by atoms with Crippen LogP contribution in [0.2, 0.25) is 19.6 Å². The number of ketones is 1. The minimum atomic E-state index is -1.70. The van der Waals surface area contributed by atoms with E-state index < -0.39 is 8.07 Å². The molecule has 1 aliphatic rings. The number of hydrogen-bond donors (Lipinski definition) is 0. The number of hydrogen-bond acceptors (Lipinski definition) is 2. The van der Waals surface area contributed by atoms with Gasteiger partial charge in [-0.15, -0.1) is 0 Å². The van der Waals surface area contributed by atoms with Gasteiger partial charge in [0.15, 0.2) is 5.78 Å². The number of benzene rings is 1. The molecule has 0 heterocycles. The third-order valence-corrected chi connectivity index (χ3v) is 6.84. The van der Waals surface area contributed by atoms with E-state index in [9.17, 15) is 4.79 Å². The smallest absolute Gasteiger partial charge is 0.191 e. The Labute approximate surface area is 142 Å². The first kappa shape index (κ1) is 17.2. The Bertz CT molecular complexity index is 638. The van der Waals surface area contributed by atoms with E-state index in [2.05, 4.69) is 66.8 Å². The van der Waals surface area contributed by atoms with Gasteiger partial charge in [0.05, 0.1) is 19.7 Å². The average molecular weight is 379 g/mol. The third kappa shape index (κ3) is 3.13. The van der Waals surface area contributed by atoms with Crippen molar-refractivity contribution >= 4 is 29.8 Å². The fourth-order valence-electron chi connectivity index (χ4n) is 2.82. The SMILES string of the molecule is CCC1(c2ccc(OC)cc2)C=C(Br)C(=O)C([Si](C)(C)C)=C1. The van der Waals surface area contributed by atoms with Crippen LogP contribution < -0.4 is 4.74 Å². The maximum absolute atomic E-state index is 12.5. The van der Waals surface area contributed by atoms with Crippen LogP contribution in [0.5, 0.6) is 5.75 Å². The summed E-state index contributed by atoms with van der Waals surface area (Å²) in [6.45, 7) is 8.82. The highest BCUT2D eigenvalue weighted by Crippen LogP contribution is 2.41. The Balaban J connectivity index is 2.60. The summed E-state index contributed by atoms with van der Waals surface area (Å²) < 4.78 is 5.93. The molecule has 118 valence electrons. The van der Waals surface area contributed by atoms with E-state index in [4.69, 9.17) is 4.74 Å². The Hall–Kier alpha value is -1.13. The lowest BCUT2D eigenvalue weighted by molar-refractivity contribution is -0.111. The topological polar surface area (TPSA) is 26.3 Å². The average Bonchev–Trinajstić information content (AvgIpc) is 2.49. The van der Waals surface area contributed by atoms with E-state index in [0.717, 1.165) is 17.4 Å². The fourth-order valence-corrected chi connectivity index (χ4v) is 5.13. The quantitative estimate of drug-likeness (QED) is 0.688. The summed E-state index contributed by atoms with van der Waals surface area (Å²) in [5, 5.41) is 1.000. The summed E-state index contributed by atoms with van der Waals surface area (Å²) in [6.07, 6.45) is 5.17. The van der Waals surface area contributed by atoms with E-state index in [-0.39, 0.29) is 11.2 Å². The molecule has 0 saturated heterocycles. The van der Waals surface area contributed by atoms with Gasteiger partial charge in [-0.3, -0.25) is 4.79 Å². The van der Waals surface area contributed by atoms with Crippen LogP contribution in [-0.4, -0.2) is 21.0 Å². The van der Waals surface area contributed by atoms with E-state index in [1.165, 1.54) is 5.56 Å². The van der Waals surface area contributed by atoms with Crippen molar-refractivity contribution < 1.29 is 9.53 Å². The van der Waals surface area contributed by atoms with E-state index in [1.54, 1.807) is 7.11 Å². The lowest BCUT2D eigenvalue weighted by Gasteiger charge is -2.34. The van der Waals surface area contributed by atoms with Gasteiger partial charge in [0.2, 0.25) is 0 Å². The summed E-state index contributed by atoms with van der Waals surface area (Å²) in [7, 11) is -0.0308. The van der Waals surface area contributed by atoms with Crippen molar-refractivity contribution in [3.05, 3.63) is 51.7 Å². The summed E-state index contributed by atoms with van der Waals surface area (Å²) in [6, 6.07) is 8.14. The normalized spacial score (nSPS) is 22.2. The van der Waals surface area contributed by atoms with Crippen molar-refractivity contribution in [2.24, 2.45) is 0 Å². The minimum absolute atomic E-state index is 0.150. The van der Waals surface area contributed by atoms with Crippen LogP contribution in [0.25, 0.3) is 0 Å². The minimum Gasteiger partial charge on any atom is -0.497 e. The monoisotopic (exact) mass is 378 g/mol. The largest absolute Gasteiger partial charge is 0.497 e. The Morgan fingerprint density at radius 3 is 2.18 bits per heavy atom. The summed E-state index contributed by atoms with van der Waals surface area (Å²) in [5.74, 6) is 0.996. The summed E-state index contributed by atoms with van der Waals surface area (Å²) in [4.78, 5) is 12.5. The van der Waals surface area contributed by atoms with Crippen molar-refractivity contribution in [1.29, 1.82) is 0 Å². The molecule has 22 heavy (non-hydrogen) atoms. The second kappa shape index (κ2) is 6.17. The second-order valence-electron chi connectivity index (χ2n) is 6.75. The predicted octanol–water partition coefficient (Wildman–Crippen LogP) is 5.01. The molecule has 0 fully saturated rings. The van der Waals surface area contributed by atoms with E-state index in [0.29, 0.717) is 4.48 Å². The molecule has 0 spiro atoms. The molecular weight excluding hydrogens is 356 g/mol. The lowest BCUT2D eigenvalue weighted by Crippen LogP contribution is -2.36. The van der Waals surface area contributed by atoms with Gasteiger partial charge in [0.1, 0.15) is 5.75 Å². The number of methoxy groups -OCH3 is 1. The first-order valence-corrected chi connectivity index (χ1v) is 11.8. The molecule has 0 N–H and O–H groups in total. The van der Waals surface area contributed by atoms with Crippen LogP contribution >= 0.6 is 15.9 Å². The van der Waals surface area contributed by atoms with Crippen molar-refractivity contribution in [3.8, 4) is 5.75 Å². The number of Topliss-reactive ketones (excluding diaryl/α,β-unsaturated/α-hetero) is 1. The fraction of sp³-hybridized carbons (Fsp3) is 0.389. The molecule has 1 aromatic carbocycles. The Morgan fingerprint density at radius 1 is 1.14 bits per heavy atom. The van der Waals surface area contributed by atoms with Gasteiger partial charge >= 0.3 is 0 Å². The first-order valence-electron chi connectivity index (χ1n) is 7.54. The Kier molecular flexibility index (Phi) is 4.83. The van der Waals surface area contributed by atoms with Crippen LogP contribution in [0.1, 0.15) is 18.9 Å². The number of ether oxygens (including phenoxy) is 1. The molecule has 1 aromatic rings. The van der Waals surface area contributed by atoms with Crippen LogP contribution in [0.4, 0.5) is 0 Å². The highest BCUT2D eigenvalue weighted by atomic mass is 79.9. The highest BCUT2D eigenvalue weighted by Gasteiger charge is 2.37. The van der Waals surface area contributed by atoms with Gasteiger partial charge in [0, 0.05) is 5.41 Å². The molecule has 0 bridgehead atoms. The molecule has 0 amide bonds. The number of halogens is 1. The second-order valence-corrected chi connectivity index (χ2v) is 12.6. The number of allylic oxidation sites excluding steroid dienone is 4. The summed E-state index contributed by atoms with van der Waals surface area (Å²) in [5.41, 5.74) is 0.963. The van der Waals surface area contributed by atoms with Gasteiger partial charge < -0.3 is 4.74 Å². The number of carbonyl (C=O) groups is 1. The van der Waals surface area contributed by atoms with Crippen LogP contribution in [-0.2, 0) is 10.2 Å². The van der Waals surface area contributed by atoms with Gasteiger partial charge in [0.25, 0.3) is 0 Å². The van der Waals surface area contributed by atoms with Crippen LogP contribution in [0, 0.1) is 0 Å². The highest BCUT2D eigenvalue weighted by molar-refractivity contribution is 9.12. The molecule has 0 saturated carbocycles. The maximum atomic E-state index is 12.5. The van der Waals surface area contributed by atoms with Gasteiger partial charge in [-0.1, -0.05) is 50.8 Å². The Morgan fingerprint density at radius 2 is 1.73 bits per heavy atom. The van der Waals surface area contributed by atoms with Crippen molar-refractivity contribution in [3.63, 3.8) is 0 Å². The van der Waals surface area contributed by atoms with Crippen molar-refractivity contribution in [2.45, 2.75) is 38.4 Å². The number of carbonyl (C=O) groups excluding carboxylic acids is 1. The summed E-state index contributed by atoms with van der Waals surface area (Å²) >= 11 is 3.50. The lowest BCUT2D eigenvalue weighted by atomic mass is 9.75. The molecule has 0 radical (unpaired) electrons. The van der Waals surface area contributed by atoms with E-state index >= 15 is 0 Å². The zero-order valence-electron chi connectivity index (χ0n) is 13.9. The predicted molar refractivity (Wildman–Crippen MR) is 98.4 cm³/mol. The van der Waals surface area contributed by atoms with Crippen molar-refractivity contribution in [1.82, 2.24) is 0 Å². The first-order chi connectivity index (χ1) is 10.2. The molecule has 4 heteroatoms.